The molecule has 9 nitrogen and oxygen atoms in total. The van der Waals surface area contributed by atoms with Crippen LogP contribution in [0.3, 0.4) is 0 Å². The summed E-state index contributed by atoms with van der Waals surface area (Å²) in [6.45, 7) is 1.75. The van der Waals surface area contributed by atoms with E-state index >= 15 is 0 Å². The SMILES string of the molecule is CNc1nc(Nc2cnc(C#N)c(OC3CCCNC3)c2)ncc1-c1ccco1. The van der Waals surface area contributed by atoms with Crippen molar-refractivity contribution in [3.63, 3.8) is 0 Å². The average Bonchev–Trinajstić information content (AvgIpc) is 3.29. The van der Waals surface area contributed by atoms with Crippen LogP contribution in [0.15, 0.2) is 41.3 Å². The summed E-state index contributed by atoms with van der Waals surface area (Å²) in [7, 11) is 1.78. The molecule has 0 amide bonds. The number of furan rings is 1. The molecule has 1 atom stereocenters. The lowest BCUT2D eigenvalue weighted by molar-refractivity contribution is 0.166. The molecule has 4 rings (SSSR count). The summed E-state index contributed by atoms with van der Waals surface area (Å²) in [5.74, 6) is 2.15. The molecule has 0 aromatic carbocycles. The van der Waals surface area contributed by atoms with Crippen molar-refractivity contribution in [3.05, 3.63) is 42.5 Å². The third-order valence-corrected chi connectivity index (χ3v) is 4.57. The van der Waals surface area contributed by atoms with Gasteiger partial charge in [-0.3, -0.25) is 0 Å². The number of piperidine rings is 1. The van der Waals surface area contributed by atoms with Gasteiger partial charge in [0.05, 0.1) is 23.7 Å². The molecule has 3 aromatic rings. The Labute approximate surface area is 168 Å². The first kappa shape index (κ1) is 18.7. The molecule has 0 aliphatic carbocycles. The van der Waals surface area contributed by atoms with Gasteiger partial charge in [-0.05, 0) is 31.5 Å². The molecule has 1 fully saturated rings. The van der Waals surface area contributed by atoms with Crippen LogP contribution in [-0.2, 0) is 0 Å². The van der Waals surface area contributed by atoms with E-state index in [1.165, 1.54) is 0 Å². The third kappa shape index (κ3) is 4.28. The number of nitrogens with zero attached hydrogens (tertiary/aromatic N) is 4. The van der Waals surface area contributed by atoms with Crippen molar-refractivity contribution in [1.82, 2.24) is 20.3 Å². The highest BCUT2D eigenvalue weighted by atomic mass is 16.5. The fourth-order valence-electron chi connectivity index (χ4n) is 3.16. The van der Waals surface area contributed by atoms with Crippen LogP contribution in [0.4, 0.5) is 17.5 Å². The fraction of sp³-hybridized carbons (Fsp3) is 0.300. The van der Waals surface area contributed by atoms with Crippen molar-refractivity contribution >= 4 is 17.5 Å². The highest BCUT2D eigenvalue weighted by molar-refractivity contribution is 5.72. The second-order valence-corrected chi connectivity index (χ2v) is 6.58. The van der Waals surface area contributed by atoms with Gasteiger partial charge in [-0.1, -0.05) is 0 Å². The second kappa shape index (κ2) is 8.58. The Bertz CT molecular complexity index is 1010. The van der Waals surface area contributed by atoms with Gasteiger partial charge in [-0.25, -0.2) is 9.97 Å². The van der Waals surface area contributed by atoms with Crippen LogP contribution >= 0.6 is 0 Å². The Kier molecular flexibility index (Phi) is 5.54. The maximum atomic E-state index is 9.35. The van der Waals surface area contributed by atoms with Crippen molar-refractivity contribution < 1.29 is 9.15 Å². The average molecular weight is 391 g/mol. The summed E-state index contributed by atoms with van der Waals surface area (Å²) in [6.07, 6.45) is 6.86. The number of anilines is 3. The van der Waals surface area contributed by atoms with E-state index in [9.17, 15) is 5.26 Å². The summed E-state index contributed by atoms with van der Waals surface area (Å²) in [4.78, 5) is 13.1. The molecule has 3 N–H and O–H groups in total. The molecule has 0 saturated carbocycles. The van der Waals surface area contributed by atoms with Gasteiger partial charge in [0.1, 0.15) is 23.8 Å². The minimum absolute atomic E-state index is 0.0209. The second-order valence-electron chi connectivity index (χ2n) is 6.58. The zero-order valence-electron chi connectivity index (χ0n) is 16.0. The number of nitriles is 1. The molecule has 0 radical (unpaired) electrons. The highest BCUT2D eigenvalue weighted by Gasteiger charge is 2.18. The van der Waals surface area contributed by atoms with E-state index in [1.54, 1.807) is 31.8 Å². The van der Waals surface area contributed by atoms with E-state index in [4.69, 9.17) is 9.15 Å². The summed E-state index contributed by atoms with van der Waals surface area (Å²) in [5.41, 5.74) is 1.65. The van der Waals surface area contributed by atoms with Gasteiger partial charge in [-0.15, -0.1) is 0 Å². The summed E-state index contributed by atoms with van der Waals surface area (Å²) < 4.78 is 11.4. The monoisotopic (exact) mass is 391 g/mol. The van der Waals surface area contributed by atoms with Crippen molar-refractivity contribution in [3.8, 4) is 23.1 Å². The smallest absolute Gasteiger partial charge is 0.229 e. The van der Waals surface area contributed by atoms with Crippen LogP contribution in [0.25, 0.3) is 11.3 Å². The molecule has 9 heteroatoms. The molecule has 148 valence electrons. The lowest BCUT2D eigenvalue weighted by Gasteiger charge is -2.24. The number of ether oxygens (including phenoxy) is 1. The van der Waals surface area contributed by atoms with Crippen molar-refractivity contribution in [2.24, 2.45) is 0 Å². The molecule has 1 aliphatic heterocycles. The van der Waals surface area contributed by atoms with Crippen LogP contribution in [0, 0.1) is 11.3 Å². The van der Waals surface area contributed by atoms with Gasteiger partial charge >= 0.3 is 0 Å². The van der Waals surface area contributed by atoms with E-state index in [-0.39, 0.29) is 11.8 Å². The van der Waals surface area contributed by atoms with Crippen molar-refractivity contribution in [2.75, 3.05) is 30.8 Å². The molecule has 29 heavy (non-hydrogen) atoms. The topological polar surface area (TPSA) is 121 Å². The number of rotatable bonds is 6. The molecule has 0 spiro atoms. The lowest BCUT2D eigenvalue weighted by atomic mass is 10.1. The number of nitrogens with one attached hydrogen (secondary N) is 3. The molecular formula is C20H21N7O2. The Morgan fingerprint density at radius 3 is 3.00 bits per heavy atom. The lowest BCUT2D eigenvalue weighted by Crippen LogP contribution is -2.37. The zero-order chi connectivity index (χ0) is 20.1. The number of pyridine rings is 1. The van der Waals surface area contributed by atoms with Gasteiger partial charge < -0.3 is 25.1 Å². The highest BCUT2D eigenvalue weighted by Crippen LogP contribution is 2.28. The predicted molar refractivity (Wildman–Crippen MR) is 108 cm³/mol. The summed E-state index contributed by atoms with van der Waals surface area (Å²) in [5, 5.41) is 18.8. The minimum atomic E-state index is 0.0209. The molecule has 0 bridgehead atoms. The quantitative estimate of drug-likeness (QED) is 0.582. The Balaban J connectivity index is 1.56. The zero-order valence-corrected chi connectivity index (χ0v) is 16.0. The molecule has 4 heterocycles. The van der Waals surface area contributed by atoms with Crippen molar-refractivity contribution in [1.29, 1.82) is 5.26 Å². The van der Waals surface area contributed by atoms with E-state index in [0.717, 1.165) is 31.5 Å². The largest absolute Gasteiger partial charge is 0.486 e. The van der Waals surface area contributed by atoms with E-state index in [1.807, 2.05) is 12.1 Å². The van der Waals surface area contributed by atoms with Gasteiger partial charge in [0.15, 0.2) is 11.4 Å². The van der Waals surface area contributed by atoms with E-state index in [2.05, 4.69) is 37.0 Å². The number of hydrogen-bond donors (Lipinski definition) is 3. The normalized spacial score (nSPS) is 16.1. The van der Waals surface area contributed by atoms with Crippen LogP contribution in [0.5, 0.6) is 5.75 Å². The first-order chi connectivity index (χ1) is 14.3. The minimum Gasteiger partial charge on any atom is -0.486 e. The predicted octanol–water partition coefficient (Wildman–Crippen LogP) is 2.92. The van der Waals surface area contributed by atoms with Gasteiger partial charge in [0, 0.05) is 25.9 Å². The fourth-order valence-corrected chi connectivity index (χ4v) is 3.16. The third-order valence-electron chi connectivity index (χ3n) is 4.57. The number of hydrogen-bond acceptors (Lipinski definition) is 9. The van der Waals surface area contributed by atoms with Crippen LogP contribution < -0.4 is 20.7 Å². The van der Waals surface area contributed by atoms with Crippen LogP contribution in [0.1, 0.15) is 18.5 Å². The molecule has 1 unspecified atom stereocenters. The van der Waals surface area contributed by atoms with Gasteiger partial charge in [0.2, 0.25) is 5.95 Å². The van der Waals surface area contributed by atoms with Gasteiger partial charge in [0.25, 0.3) is 0 Å². The Hall–Kier alpha value is -3.64. The van der Waals surface area contributed by atoms with E-state index < -0.39 is 0 Å². The summed E-state index contributed by atoms with van der Waals surface area (Å²) >= 11 is 0. The van der Waals surface area contributed by atoms with Crippen molar-refractivity contribution in [2.45, 2.75) is 18.9 Å². The van der Waals surface area contributed by atoms with Crippen LogP contribution in [0.2, 0.25) is 0 Å². The molecule has 1 saturated heterocycles. The first-order valence-electron chi connectivity index (χ1n) is 9.40. The Morgan fingerprint density at radius 2 is 2.28 bits per heavy atom. The van der Waals surface area contributed by atoms with Crippen LogP contribution in [-0.4, -0.2) is 41.2 Å². The summed E-state index contributed by atoms with van der Waals surface area (Å²) in [6, 6.07) is 7.49. The van der Waals surface area contributed by atoms with E-state index in [0.29, 0.717) is 29.0 Å². The van der Waals surface area contributed by atoms with Gasteiger partial charge in [-0.2, -0.15) is 10.2 Å². The number of aromatic nitrogens is 3. The maximum absolute atomic E-state index is 9.35. The Morgan fingerprint density at radius 1 is 1.34 bits per heavy atom. The maximum Gasteiger partial charge on any atom is 0.229 e. The molecule has 3 aromatic heterocycles. The first-order valence-corrected chi connectivity index (χ1v) is 9.40. The molecular weight excluding hydrogens is 370 g/mol. The standard InChI is InChI=1S/C20H21N7O2/c1-22-19-15(17-5-3-7-28-17)12-25-20(27-19)26-13-8-18(16(9-21)24-10-13)29-14-4-2-6-23-11-14/h3,5,7-8,10,12,14,23H,2,4,6,11H2,1H3,(H2,22,25,26,27). The molecule has 1 aliphatic rings.